The van der Waals surface area contributed by atoms with Crippen molar-refractivity contribution >= 4 is 22.2 Å². The van der Waals surface area contributed by atoms with Crippen molar-refractivity contribution in [2.75, 3.05) is 6.61 Å². The van der Waals surface area contributed by atoms with E-state index < -0.39 is 46.0 Å². The molecular weight excluding hydrogens is 532 g/mol. The largest absolute Gasteiger partial charge is 0.453 e. The van der Waals surface area contributed by atoms with Crippen LogP contribution in [0.1, 0.15) is 62.4 Å². The smallest absolute Gasteiger partial charge is 0.411 e. The molecule has 0 spiro atoms. The zero-order valence-corrected chi connectivity index (χ0v) is 24.0. The van der Waals surface area contributed by atoms with Crippen molar-refractivity contribution in [2.45, 2.75) is 69.2 Å². The van der Waals surface area contributed by atoms with E-state index in [0.29, 0.717) is 0 Å². The van der Waals surface area contributed by atoms with Crippen LogP contribution < -0.4 is 0 Å². The molecule has 4 rings (SSSR count). The molecule has 0 bridgehead atoms. The quantitative estimate of drug-likeness (QED) is 0.140. The number of hydrogen-bond acceptors (Lipinski definition) is 7. The first-order chi connectivity index (χ1) is 19.0. The maximum Gasteiger partial charge on any atom is 0.411 e. The number of hydrogen-bond donors (Lipinski definition) is 0. The second-order valence-electron chi connectivity index (χ2n) is 10.8. The first-order valence-electron chi connectivity index (χ1n) is 13.2. The van der Waals surface area contributed by atoms with E-state index in [1.807, 2.05) is 67.6 Å². The lowest BCUT2D eigenvalue weighted by molar-refractivity contribution is -0.174. The predicted molar refractivity (Wildman–Crippen MR) is 150 cm³/mol. The Morgan fingerprint density at radius 2 is 1.48 bits per heavy atom. The van der Waals surface area contributed by atoms with E-state index in [4.69, 9.17) is 13.7 Å². The summed E-state index contributed by atoms with van der Waals surface area (Å²) in [4.78, 5) is 28.7. The van der Waals surface area contributed by atoms with Gasteiger partial charge in [-0.2, -0.15) is 8.42 Å². The topological polar surface area (TPSA) is 99.2 Å². The number of cyclic esters (lactones) is 1. The summed E-state index contributed by atoms with van der Waals surface area (Å²) in [7, 11) is -3.97. The first-order valence-corrected chi connectivity index (χ1v) is 14.6. The number of carbonyl (C=O) groups excluding carboxylic acids is 2. The van der Waals surface area contributed by atoms with Crippen LogP contribution >= 0.6 is 0 Å². The lowest BCUT2D eigenvalue weighted by atomic mass is 9.93. The summed E-state index contributed by atoms with van der Waals surface area (Å²) in [5.74, 6) is -0.590. The number of amides is 1. The molecule has 0 N–H and O–H groups in total. The van der Waals surface area contributed by atoms with Crippen molar-refractivity contribution in [3.8, 4) is 0 Å². The summed E-state index contributed by atoms with van der Waals surface area (Å²) < 4.78 is 42.3. The van der Waals surface area contributed by atoms with Crippen LogP contribution in [0.5, 0.6) is 0 Å². The first kappa shape index (κ1) is 29.3. The van der Waals surface area contributed by atoms with Gasteiger partial charge in [0.2, 0.25) is 0 Å². The van der Waals surface area contributed by atoms with Crippen molar-refractivity contribution < 1.29 is 31.7 Å². The standard InChI is InChI=1S/C31H35NO7S/c1-22-17-19-25(20-18-22)40(35,36)37-21-11-16-26-29(33)38-28(24-14-9-6-10-15-24)27(23-12-7-5-8-13-23)32(26)30(34)39-31(2,3)4/h5-10,12-15,17-20,26-28H,11,16,21H2,1-4H3/t26-,27-,28+/m0/s1/i16+1,29+1. The van der Waals surface area contributed by atoms with Gasteiger partial charge in [-0.1, -0.05) is 78.4 Å². The minimum Gasteiger partial charge on any atom is -0.453 e. The molecule has 3 atom stereocenters. The van der Waals surface area contributed by atoms with Gasteiger partial charge in [0.05, 0.1) is 11.5 Å². The van der Waals surface area contributed by atoms with Gasteiger partial charge in [-0.3, -0.25) is 9.08 Å². The van der Waals surface area contributed by atoms with Gasteiger partial charge in [-0.25, -0.2) is 9.59 Å². The Morgan fingerprint density at radius 1 is 0.900 bits per heavy atom. The highest BCUT2D eigenvalue weighted by molar-refractivity contribution is 7.86. The van der Waals surface area contributed by atoms with Crippen LogP contribution in [0.4, 0.5) is 4.79 Å². The van der Waals surface area contributed by atoms with Crippen LogP contribution in [0.25, 0.3) is 0 Å². The highest BCUT2D eigenvalue weighted by Crippen LogP contribution is 2.43. The van der Waals surface area contributed by atoms with Gasteiger partial charge in [0.1, 0.15) is 17.7 Å². The molecule has 1 aliphatic rings. The van der Waals surface area contributed by atoms with Crippen molar-refractivity contribution in [1.82, 2.24) is 4.90 Å². The van der Waals surface area contributed by atoms with Crippen LogP contribution in [0.15, 0.2) is 89.8 Å². The third-order valence-electron chi connectivity index (χ3n) is 6.48. The summed E-state index contributed by atoms with van der Waals surface area (Å²) in [6.07, 6.45) is -1.12. The predicted octanol–water partition coefficient (Wildman–Crippen LogP) is 6.13. The fourth-order valence-electron chi connectivity index (χ4n) is 4.63. The molecule has 1 saturated heterocycles. The average molecular weight is 568 g/mol. The van der Waals surface area contributed by atoms with E-state index in [-0.39, 0.29) is 24.3 Å². The van der Waals surface area contributed by atoms with Gasteiger partial charge in [-0.05, 0) is 63.8 Å². The molecule has 3 aromatic rings. The molecule has 40 heavy (non-hydrogen) atoms. The number of benzene rings is 3. The number of ether oxygens (including phenoxy) is 2. The number of morpholine rings is 1. The van der Waals surface area contributed by atoms with E-state index in [9.17, 15) is 18.0 Å². The molecule has 9 heteroatoms. The number of carbonyl (C=O) groups is 2. The Balaban J connectivity index is 1.61. The second-order valence-corrected chi connectivity index (χ2v) is 12.4. The third-order valence-corrected chi connectivity index (χ3v) is 7.81. The molecule has 1 fully saturated rings. The average Bonchev–Trinajstić information content (AvgIpc) is 2.91. The Hall–Kier alpha value is -3.69. The molecule has 8 nitrogen and oxygen atoms in total. The van der Waals surface area contributed by atoms with Gasteiger partial charge in [0.25, 0.3) is 10.1 Å². The van der Waals surface area contributed by atoms with Crippen LogP contribution in [-0.2, 0) is 28.6 Å². The summed E-state index contributed by atoms with van der Waals surface area (Å²) in [5.41, 5.74) is 1.64. The number of rotatable bonds is 8. The summed E-state index contributed by atoms with van der Waals surface area (Å²) >= 11 is 0. The van der Waals surface area contributed by atoms with Crippen molar-refractivity contribution in [1.29, 1.82) is 0 Å². The van der Waals surface area contributed by atoms with E-state index >= 15 is 0 Å². The molecule has 0 radical (unpaired) electrons. The highest BCUT2D eigenvalue weighted by Gasteiger charge is 2.48. The minimum atomic E-state index is -3.97. The molecule has 0 saturated carbocycles. The number of nitrogens with zero attached hydrogens (tertiary/aromatic N) is 1. The maximum atomic E-state index is 13.7. The zero-order chi connectivity index (χ0) is 28.9. The number of aryl methyl sites for hydroxylation is 1. The molecule has 0 aliphatic carbocycles. The van der Waals surface area contributed by atoms with Gasteiger partial charge < -0.3 is 9.47 Å². The van der Waals surface area contributed by atoms with Crippen molar-refractivity contribution in [2.24, 2.45) is 0 Å². The molecular formula is C31H35NO7S. The molecule has 1 aliphatic heterocycles. The van der Waals surface area contributed by atoms with Crippen LogP contribution in [-0.4, -0.2) is 43.6 Å². The zero-order valence-electron chi connectivity index (χ0n) is 23.1. The van der Waals surface area contributed by atoms with E-state index in [2.05, 4.69) is 0 Å². The second kappa shape index (κ2) is 12.2. The fourth-order valence-corrected chi connectivity index (χ4v) is 5.57. The third kappa shape index (κ3) is 7.08. The lowest BCUT2D eigenvalue weighted by Crippen LogP contribution is -2.55. The monoisotopic (exact) mass is 567 g/mol. The summed E-state index contributed by atoms with van der Waals surface area (Å²) in [6.45, 7) is 6.98. The molecule has 212 valence electrons. The lowest BCUT2D eigenvalue weighted by Gasteiger charge is -2.45. The Morgan fingerprint density at radius 3 is 2.05 bits per heavy atom. The van der Waals surface area contributed by atoms with E-state index in [1.54, 1.807) is 32.9 Å². The van der Waals surface area contributed by atoms with Gasteiger partial charge >= 0.3 is 12.1 Å². The van der Waals surface area contributed by atoms with Crippen molar-refractivity contribution in [3.05, 3.63) is 102 Å². The van der Waals surface area contributed by atoms with Crippen molar-refractivity contribution in [3.63, 3.8) is 0 Å². The van der Waals surface area contributed by atoms with Gasteiger partial charge in [0.15, 0.2) is 6.10 Å². The Labute approximate surface area is 236 Å². The molecule has 0 aromatic heterocycles. The molecule has 3 aromatic carbocycles. The molecule has 0 unspecified atom stereocenters. The normalized spacial score (nSPS) is 19.6. The summed E-state index contributed by atoms with van der Waals surface area (Å²) in [5, 5.41) is 0. The van der Waals surface area contributed by atoms with Gasteiger partial charge in [0, 0.05) is 0 Å². The molecule has 1 heterocycles. The van der Waals surface area contributed by atoms with Gasteiger partial charge in [-0.15, -0.1) is 0 Å². The Kier molecular flexibility index (Phi) is 8.95. The van der Waals surface area contributed by atoms with Crippen LogP contribution in [0, 0.1) is 6.92 Å². The highest BCUT2D eigenvalue weighted by atomic mass is 32.2. The fraction of sp³-hybridized carbons (Fsp3) is 0.355. The molecule has 1 amide bonds. The van der Waals surface area contributed by atoms with Crippen LogP contribution in [0.3, 0.4) is 0 Å². The van der Waals surface area contributed by atoms with E-state index in [1.165, 1.54) is 17.0 Å². The maximum absolute atomic E-state index is 13.7. The SMILES string of the molecule is Cc1ccc(S(=O)(=O)OCC[13CH2][C@H]2[13C](=O)O[C@H](c3ccccc3)[C@H](c3ccccc3)N2C(=O)OC(C)(C)C)cc1. The summed E-state index contributed by atoms with van der Waals surface area (Å²) in [6, 6.07) is 23.3. The number of esters is 1. The van der Waals surface area contributed by atoms with Crippen LogP contribution in [0.2, 0.25) is 0 Å². The minimum absolute atomic E-state index is 0.0559. The Bertz CT molecular complexity index is 1400. The van der Waals surface area contributed by atoms with E-state index in [0.717, 1.165) is 16.7 Å².